The van der Waals surface area contributed by atoms with Gasteiger partial charge in [-0.25, -0.2) is 0 Å². The molecule has 0 bridgehead atoms. The van der Waals surface area contributed by atoms with Crippen molar-refractivity contribution in [3.05, 3.63) is 54.1 Å². The summed E-state index contributed by atoms with van der Waals surface area (Å²) in [4.78, 5) is 14.2. The molecule has 0 radical (unpaired) electrons. The molecule has 3 rings (SSSR count). The molecule has 1 heterocycles. The van der Waals surface area contributed by atoms with Crippen molar-refractivity contribution in [2.45, 2.75) is 6.42 Å². The topological polar surface area (TPSA) is 52.6 Å². The molecule has 1 aliphatic heterocycles. The maximum absolute atomic E-state index is 12.6. The SMILES string of the molecule is CN(C(=O)C1CNc2ccccc2C1)c1cccc(O)c1. The van der Waals surface area contributed by atoms with Gasteiger partial charge in [-0.3, -0.25) is 4.79 Å². The van der Waals surface area contributed by atoms with Crippen LogP contribution in [-0.4, -0.2) is 24.6 Å². The molecular weight excluding hydrogens is 264 g/mol. The van der Waals surface area contributed by atoms with E-state index in [2.05, 4.69) is 11.4 Å². The molecule has 0 aliphatic carbocycles. The minimum absolute atomic E-state index is 0.0580. The third kappa shape index (κ3) is 2.70. The van der Waals surface area contributed by atoms with Gasteiger partial charge >= 0.3 is 0 Å². The molecule has 2 aromatic rings. The van der Waals surface area contributed by atoms with Gasteiger partial charge in [0.05, 0.1) is 5.92 Å². The first-order valence-electron chi connectivity index (χ1n) is 7.03. The number of fused-ring (bicyclic) bond motifs is 1. The molecular formula is C17H18N2O2. The van der Waals surface area contributed by atoms with E-state index in [1.165, 1.54) is 5.56 Å². The summed E-state index contributed by atoms with van der Waals surface area (Å²) in [6.07, 6.45) is 0.741. The summed E-state index contributed by atoms with van der Waals surface area (Å²) in [6.45, 7) is 0.638. The van der Waals surface area contributed by atoms with Crippen LogP contribution >= 0.6 is 0 Å². The zero-order valence-corrected chi connectivity index (χ0v) is 11.9. The quantitative estimate of drug-likeness (QED) is 0.890. The van der Waals surface area contributed by atoms with Gasteiger partial charge in [0, 0.05) is 31.0 Å². The number of para-hydroxylation sites is 1. The van der Waals surface area contributed by atoms with Crippen LogP contribution in [0.4, 0.5) is 11.4 Å². The summed E-state index contributed by atoms with van der Waals surface area (Å²) in [5.74, 6) is 0.133. The van der Waals surface area contributed by atoms with Crippen LogP contribution in [0.5, 0.6) is 5.75 Å². The molecule has 4 heteroatoms. The van der Waals surface area contributed by atoms with E-state index in [1.54, 1.807) is 30.1 Å². The number of amides is 1. The number of anilines is 2. The third-order valence-electron chi connectivity index (χ3n) is 3.92. The lowest BCUT2D eigenvalue weighted by Gasteiger charge is -2.29. The number of rotatable bonds is 2. The number of aromatic hydroxyl groups is 1. The molecule has 21 heavy (non-hydrogen) atoms. The molecule has 0 aromatic heterocycles. The minimum Gasteiger partial charge on any atom is -0.508 e. The van der Waals surface area contributed by atoms with Crippen molar-refractivity contribution in [1.29, 1.82) is 0 Å². The Morgan fingerprint density at radius 2 is 2.05 bits per heavy atom. The smallest absolute Gasteiger partial charge is 0.231 e. The first-order chi connectivity index (χ1) is 10.1. The number of benzene rings is 2. The van der Waals surface area contributed by atoms with Crippen molar-refractivity contribution >= 4 is 17.3 Å². The van der Waals surface area contributed by atoms with Crippen LogP contribution in [0, 0.1) is 5.92 Å². The molecule has 108 valence electrons. The molecule has 1 amide bonds. The van der Waals surface area contributed by atoms with E-state index in [0.717, 1.165) is 12.1 Å². The highest BCUT2D eigenvalue weighted by Crippen LogP contribution is 2.27. The molecule has 1 unspecified atom stereocenters. The number of nitrogens with zero attached hydrogens (tertiary/aromatic N) is 1. The number of carbonyl (C=O) groups excluding carboxylic acids is 1. The number of phenolic OH excluding ortho intramolecular Hbond substituents is 1. The van der Waals surface area contributed by atoms with Crippen molar-refractivity contribution in [3.8, 4) is 5.75 Å². The summed E-state index contributed by atoms with van der Waals surface area (Å²) in [7, 11) is 1.75. The van der Waals surface area contributed by atoms with E-state index in [-0.39, 0.29) is 17.6 Å². The number of carbonyl (C=O) groups is 1. The van der Waals surface area contributed by atoms with E-state index in [4.69, 9.17) is 0 Å². The van der Waals surface area contributed by atoms with E-state index >= 15 is 0 Å². The Hall–Kier alpha value is -2.49. The van der Waals surface area contributed by atoms with Crippen molar-refractivity contribution in [1.82, 2.24) is 0 Å². The predicted octanol–water partition coefficient (Wildman–Crippen LogP) is 2.64. The van der Waals surface area contributed by atoms with Crippen molar-refractivity contribution in [2.24, 2.45) is 5.92 Å². The van der Waals surface area contributed by atoms with E-state index in [0.29, 0.717) is 12.2 Å². The largest absolute Gasteiger partial charge is 0.508 e. The van der Waals surface area contributed by atoms with Crippen LogP contribution in [0.15, 0.2) is 48.5 Å². The number of nitrogens with one attached hydrogen (secondary N) is 1. The van der Waals surface area contributed by atoms with Gasteiger partial charge in [-0.2, -0.15) is 0 Å². The molecule has 2 aromatic carbocycles. The molecule has 1 atom stereocenters. The average Bonchev–Trinajstić information content (AvgIpc) is 2.53. The fourth-order valence-corrected chi connectivity index (χ4v) is 2.72. The Kier molecular flexibility index (Phi) is 3.52. The van der Waals surface area contributed by atoms with Crippen LogP contribution in [0.1, 0.15) is 5.56 Å². The standard InChI is InChI=1S/C17H18N2O2/c1-19(14-6-4-7-15(20)10-14)17(21)13-9-12-5-2-3-8-16(12)18-11-13/h2-8,10,13,18,20H,9,11H2,1H3. The van der Waals surface area contributed by atoms with Gasteiger partial charge in [0.1, 0.15) is 5.75 Å². The van der Waals surface area contributed by atoms with Crippen LogP contribution in [-0.2, 0) is 11.2 Å². The summed E-state index contributed by atoms with van der Waals surface area (Å²) >= 11 is 0. The molecule has 0 saturated heterocycles. The van der Waals surface area contributed by atoms with Gasteiger partial charge < -0.3 is 15.3 Å². The van der Waals surface area contributed by atoms with Gasteiger partial charge in [-0.15, -0.1) is 0 Å². The Bertz CT molecular complexity index is 669. The van der Waals surface area contributed by atoms with Crippen LogP contribution < -0.4 is 10.2 Å². The number of hydrogen-bond acceptors (Lipinski definition) is 3. The number of phenols is 1. The maximum Gasteiger partial charge on any atom is 0.231 e. The molecule has 4 nitrogen and oxygen atoms in total. The van der Waals surface area contributed by atoms with Crippen molar-refractivity contribution in [3.63, 3.8) is 0 Å². The number of hydrogen-bond donors (Lipinski definition) is 2. The second-order valence-corrected chi connectivity index (χ2v) is 5.36. The summed E-state index contributed by atoms with van der Waals surface area (Å²) < 4.78 is 0. The van der Waals surface area contributed by atoms with Gasteiger partial charge in [0.15, 0.2) is 0 Å². The lowest BCUT2D eigenvalue weighted by molar-refractivity contribution is -0.121. The second-order valence-electron chi connectivity index (χ2n) is 5.36. The monoisotopic (exact) mass is 282 g/mol. The Morgan fingerprint density at radius 1 is 1.24 bits per heavy atom. The highest BCUT2D eigenvalue weighted by molar-refractivity contribution is 5.95. The molecule has 0 fully saturated rings. The van der Waals surface area contributed by atoms with Crippen LogP contribution in [0.2, 0.25) is 0 Å². The highest BCUT2D eigenvalue weighted by atomic mass is 16.3. The zero-order chi connectivity index (χ0) is 14.8. The second kappa shape index (κ2) is 5.48. The third-order valence-corrected chi connectivity index (χ3v) is 3.92. The van der Waals surface area contributed by atoms with E-state index in [1.807, 2.05) is 24.3 Å². The van der Waals surface area contributed by atoms with Crippen molar-refractivity contribution in [2.75, 3.05) is 23.8 Å². The van der Waals surface area contributed by atoms with Gasteiger partial charge in [-0.1, -0.05) is 24.3 Å². The zero-order valence-electron chi connectivity index (χ0n) is 11.9. The van der Waals surface area contributed by atoms with Crippen LogP contribution in [0.25, 0.3) is 0 Å². The van der Waals surface area contributed by atoms with Gasteiger partial charge in [-0.05, 0) is 30.2 Å². The first kappa shape index (κ1) is 13.5. The summed E-state index contributed by atoms with van der Waals surface area (Å²) in [5, 5.41) is 12.8. The Labute approximate surface area is 124 Å². The predicted molar refractivity (Wildman–Crippen MR) is 83.6 cm³/mol. The summed E-state index contributed by atoms with van der Waals surface area (Å²) in [6, 6.07) is 14.8. The minimum atomic E-state index is -0.0905. The normalized spacial score (nSPS) is 16.7. The highest BCUT2D eigenvalue weighted by Gasteiger charge is 2.27. The average molecular weight is 282 g/mol. The fourth-order valence-electron chi connectivity index (χ4n) is 2.72. The lowest BCUT2D eigenvalue weighted by Crippen LogP contribution is -2.39. The summed E-state index contributed by atoms with van der Waals surface area (Å²) in [5.41, 5.74) is 2.99. The molecule has 1 aliphatic rings. The maximum atomic E-state index is 12.6. The Morgan fingerprint density at radius 3 is 2.86 bits per heavy atom. The van der Waals surface area contributed by atoms with Crippen molar-refractivity contribution < 1.29 is 9.90 Å². The van der Waals surface area contributed by atoms with Gasteiger partial charge in [0.2, 0.25) is 5.91 Å². The first-order valence-corrected chi connectivity index (χ1v) is 7.03. The fraction of sp³-hybridized carbons (Fsp3) is 0.235. The van der Waals surface area contributed by atoms with E-state index in [9.17, 15) is 9.90 Å². The van der Waals surface area contributed by atoms with Gasteiger partial charge in [0.25, 0.3) is 0 Å². The molecule has 0 spiro atoms. The molecule has 0 saturated carbocycles. The molecule has 2 N–H and O–H groups in total. The van der Waals surface area contributed by atoms with Crippen LogP contribution in [0.3, 0.4) is 0 Å². The lowest BCUT2D eigenvalue weighted by atomic mass is 9.93. The van der Waals surface area contributed by atoms with E-state index < -0.39 is 0 Å². The Balaban J connectivity index is 1.77.